The smallest absolute Gasteiger partial charge is 0.270 e. The molecule has 0 bridgehead atoms. The van der Waals surface area contributed by atoms with Gasteiger partial charge >= 0.3 is 0 Å². The van der Waals surface area contributed by atoms with E-state index in [-0.39, 0.29) is 17.2 Å². The Labute approximate surface area is 180 Å². The molecule has 8 heteroatoms. The Morgan fingerprint density at radius 2 is 1.86 bits per heavy atom. The molecule has 1 N–H and O–H groups in total. The topological polar surface area (TPSA) is 78.1 Å². The number of thiocarbonyl (C=S) groups is 1. The van der Waals surface area contributed by atoms with Crippen LogP contribution in [0.5, 0.6) is 0 Å². The van der Waals surface area contributed by atoms with Gasteiger partial charge in [-0.1, -0.05) is 34.1 Å². The summed E-state index contributed by atoms with van der Waals surface area (Å²) < 4.78 is 2.64. The number of hydrogen-bond acceptors (Lipinski definition) is 4. The van der Waals surface area contributed by atoms with Crippen molar-refractivity contribution in [3.05, 3.63) is 70.3 Å². The van der Waals surface area contributed by atoms with Gasteiger partial charge in [-0.15, -0.1) is 0 Å². The molecule has 1 aromatic heterocycles. The molecule has 3 aromatic rings. The van der Waals surface area contributed by atoms with Crippen molar-refractivity contribution in [1.29, 1.82) is 5.26 Å². The molecule has 4 rings (SSSR count). The lowest BCUT2D eigenvalue weighted by atomic mass is 10.1. The lowest BCUT2D eigenvalue weighted by Gasteiger charge is -2.28. The van der Waals surface area contributed by atoms with Crippen LogP contribution in [0.4, 0.5) is 5.69 Å². The number of aromatic nitrogens is 1. The Morgan fingerprint density at radius 3 is 2.59 bits per heavy atom. The molecule has 1 fully saturated rings. The number of nitrogens with zero attached hydrogens (tertiary/aromatic N) is 3. The summed E-state index contributed by atoms with van der Waals surface area (Å²) in [6.07, 6.45) is 3.31. The molecule has 1 aliphatic heterocycles. The Kier molecular flexibility index (Phi) is 5.01. The zero-order valence-electron chi connectivity index (χ0n) is 14.9. The number of para-hydroxylation sites is 1. The van der Waals surface area contributed by atoms with E-state index in [9.17, 15) is 9.59 Å². The monoisotopic (exact) mass is 464 g/mol. The molecule has 0 radical (unpaired) electrons. The summed E-state index contributed by atoms with van der Waals surface area (Å²) >= 11 is 8.58. The van der Waals surface area contributed by atoms with Crippen LogP contribution in [0.15, 0.2) is 64.8 Å². The van der Waals surface area contributed by atoms with Crippen LogP contribution >= 0.6 is 28.1 Å². The summed E-state index contributed by atoms with van der Waals surface area (Å²) in [6.45, 7) is 0.166. The summed E-state index contributed by atoms with van der Waals surface area (Å²) in [5.41, 5.74) is 2.06. The molecule has 1 saturated heterocycles. The second kappa shape index (κ2) is 7.62. The van der Waals surface area contributed by atoms with Crippen LogP contribution in [0.2, 0.25) is 0 Å². The number of carbonyl (C=O) groups is 2. The predicted octanol–water partition coefficient (Wildman–Crippen LogP) is 3.76. The third kappa shape index (κ3) is 3.46. The van der Waals surface area contributed by atoms with Crippen LogP contribution in [0.1, 0.15) is 5.56 Å². The average molecular weight is 465 g/mol. The molecule has 6 nitrogen and oxygen atoms in total. The number of benzene rings is 2. The first-order valence-electron chi connectivity index (χ1n) is 8.61. The number of fused-ring (bicyclic) bond motifs is 1. The zero-order valence-corrected chi connectivity index (χ0v) is 17.3. The molecule has 0 spiro atoms. The molecule has 142 valence electrons. The van der Waals surface area contributed by atoms with Gasteiger partial charge in [-0.3, -0.25) is 19.8 Å². The first-order chi connectivity index (χ1) is 14.0. The van der Waals surface area contributed by atoms with E-state index in [1.165, 1.54) is 4.90 Å². The highest BCUT2D eigenvalue weighted by Crippen LogP contribution is 2.27. The Morgan fingerprint density at radius 1 is 1.14 bits per heavy atom. The van der Waals surface area contributed by atoms with E-state index in [1.807, 2.05) is 24.3 Å². The Balaban J connectivity index is 1.81. The number of anilines is 1. The van der Waals surface area contributed by atoms with Gasteiger partial charge in [-0.25, -0.2) is 0 Å². The van der Waals surface area contributed by atoms with Crippen LogP contribution in [0.25, 0.3) is 17.0 Å². The normalized spacial score (nSPS) is 15.7. The van der Waals surface area contributed by atoms with Crippen molar-refractivity contribution in [2.75, 3.05) is 4.90 Å². The summed E-state index contributed by atoms with van der Waals surface area (Å²) in [4.78, 5) is 27.0. The fourth-order valence-corrected chi connectivity index (χ4v) is 3.78. The Hall–Kier alpha value is -3.28. The van der Waals surface area contributed by atoms with Crippen molar-refractivity contribution in [2.24, 2.45) is 0 Å². The third-order valence-corrected chi connectivity index (χ3v) is 5.36. The van der Waals surface area contributed by atoms with Gasteiger partial charge in [0.25, 0.3) is 11.8 Å². The number of amides is 2. The molecule has 29 heavy (non-hydrogen) atoms. The molecule has 0 atom stereocenters. The molecule has 2 heterocycles. The molecule has 2 aromatic carbocycles. The van der Waals surface area contributed by atoms with Crippen molar-refractivity contribution >= 4 is 67.7 Å². The van der Waals surface area contributed by atoms with Gasteiger partial charge in [-0.2, -0.15) is 5.26 Å². The van der Waals surface area contributed by atoms with E-state index < -0.39 is 11.8 Å². The molecular formula is C21H13BrN4O2S. The summed E-state index contributed by atoms with van der Waals surface area (Å²) in [5, 5.41) is 12.5. The summed E-state index contributed by atoms with van der Waals surface area (Å²) in [5.74, 6) is -1.05. The van der Waals surface area contributed by atoms with Crippen LogP contribution in [0.3, 0.4) is 0 Å². The zero-order chi connectivity index (χ0) is 20.5. The van der Waals surface area contributed by atoms with Crippen molar-refractivity contribution in [3.8, 4) is 6.07 Å². The van der Waals surface area contributed by atoms with Crippen molar-refractivity contribution in [1.82, 2.24) is 9.88 Å². The molecule has 0 unspecified atom stereocenters. The Bertz CT molecular complexity index is 1240. The van der Waals surface area contributed by atoms with Crippen LogP contribution in [0, 0.1) is 11.3 Å². The number of nitriles is 1. The number of nitrogens with one attached hydrogen (secondary N) is 1. The van der Waals surface area contributed by atoms with Gasteiger partial charge < -0.3 is 4.57 Å². The van der Waals surface area contributed by atoms with E-state index in [0.29, 0.717) is 11.3 Å². The second-order valence-electron chi connectivity index (χ2n) is 6.32. The van der Waals surface area contributed by atoms with Gasteiger partial charge in [0.05, 0.1) is 11.8 Å². The van der Waals surface area contributed by atoms with Gasteiger partial charge in [0.1, 0.15) is 12.1 Å². The van der Waals surface area contributed by atoms with Crippen molar-refractivity contribution < 1.29 is 9.59 Å². The van der Waals surface area contributed by atoms with Gasteiger partial charge in [0, 0.05) is 27.1 Å². The first-order valence-corrected chi connectivity index (χ1v) is 9.81. The summed E-state index contributed by atoms with van der Waals surface area (Å²) in [6, 6.07) is 16.7. The SMILES string of the molecule is N#CCn1cc(/C=C2\C(=O)NC(=S)N(c3ccc(Br)cc3)C2=O)c2ccccc21. The maximum absolute atomic E-state index is 13.1. The quantitative estimate of drug-likeness (QED) is 0.363. The number of rotatable bonds is 3. The fraction of sp³-hybridized carbons (Fsp3) is 0.0476. The minimum atomic E-state index is -0.550. The maximum Gasteiger partial charge on any atom is 0.270 e. The first kappa shape index (κ1) is 19.1. The highest BCUT2D eigenvalue weighted by molar-refractivity contribution is 9.10. The van der Waals surface area contributed by atoms with E-state index in [2.05, 4.69) is 27.3 Å². The lowest BCUT2D eigenvalue weighted by molar-refractivity contribution is -0.122. The number of hydrogen-bond donors (Lipinski definition) is 1. The van der Waals surface area contributed by atoms with Crippen LogP contribution < -0.4 is 10.2 Å². The lowest BCUT2D eigenvalue weighted by Crippen LogP contribution is -2.54. The minimum absolute atomic E-state index is 0.0265. The van der Waals surface area contributed by atoms with E-state index in [0.717, 1.165) is 15.4 Å². The van der Waals surface area contributed by atoms with Gasteiger partial charge in [-0.05, 0) is 48.6 Å². The highest BCUT2D eigenvalue weighted by Gasteiger charge is 2.34. The van der Waals surface area contributed by atoms with Crippen molar-refractivity contribution in [3.63, 3.8) is 0 Å². The summed E-state index contributed by atoms with van der Waals surface area (Å²) in [7, 11) is 0. The van der Waals surface area contributed by atoms with E-state index >= 15 is 0 Å². The molecule has 1 aliphatic rings. The third-order valence-electron chi connectivity index (χ3n) is 4.55. The van der Waals surface area contributed by atoms with Crippen LogP contribution in [-0.2, 0) is 16.1 Å². The second-order valence-corrected chi connectivity index (χ2v) is 7.62. The fourth-order valence-electron chi connectivity index (χ4n) is 3.23. The highest BCUT2D eigenvalue weighted by atomic mass is 79.9. The predicted molar refractivity (Wildman–Crippen MR) is 118 cm³/mol. The van der Waals surface area contributed by atoms with Crippen molar-refractivity contribution in [2.45, 2.75) is 6.54 Å². The van der Waals surface area contributed by atoms with Gasteiger partial charge in [0.2, 0.25) is 0 Å². The maximum atomic E-state index is 13.1. The van der Waals surface area contributed by atoms with Gasteiger partial charge in [0.15, 0.2) is 5.11 Å². The molecule has 2 amide bonds. The average Bonchev–Trinajstić information content (AvgIpc) is 3.04. The number of halogens is 1. The van der Waals surface area contributed by atoms with Crippen LogP contribution in [-0.4, -0.2) is 21.5 Å². The molecule has 0 saturated carbocycles. The molecule has 0 aliphatic carbocycles. The number of carbonyl (C=O) groups excluding carboxylic acids is 2. The minimum Gasteiger partial charge on any atom is -0.333 e. The molecular weight excluding hydrogens is 452 g/mol. The van der Waals surface area contributed by atoms with E-state index in [4.69, 9.17) is 17.5 Å². The standard InChI is InChI=1S/C21H13BrN4O2S/c22-14-5-7-15(8-6-14)26-20(28)17(19(27)24-21(26)29)11-13-12-25(10-9-23)18-4-2-1-3-16(13)18/h1-8,11-12H,10H2,(H,24,27,29)/b17-11+. The largest absolute Gasteiger partial charge is 0.333 e. The van der Waals surface area contributed by atoms with E-state index in [1.54, 1.807) is 41.1 Å².